The van der Waals surface area contributed by atoms with Crippen LogP contribution in [0, 0.1) is 0 Å². The molecule has 0 saturated carbocycles. The molecule has 1 amide bonds. The lowest BCUT2D eigenvalue weighted by atomic mass is 10.0. The third-order valence-electron chi connectivity index (χ3n) is 4.46. The van der Waals surface area contributed by atoms with Gasteiger partial charge >= 0.3 is 0 Å². The summed E-state index contributed by atoms with van der Waals surface area (Å²) < 4.78 is 0. The minimum atomic E-state index is -0.370. The van der Waals surface area contributed by atoms with Gasteiger partial charge in [-0.15, -0.1) is 0 Å². The molecule has 0 aliphatic rings. The lowest BCUT2D eigenvalue weighted by Gasteiger charge is -2.27. The first-order chi connectivity index (χ1) is 13.1. The summed E-state index contributed by atoms with van der Waals surface area (Å²) >= 11 is 5.98. The number of hydrogen-bond acceptors (Lipinski definition) is 2. The van der Waals surface area contributed by atoms with Crippen molar-refractivity contribution in [3.05, 3.63) is 107 Å². The molecule has 4 heteroatoms. The van der Waals surface area contributed by atoms with Crippen molar-refractivity contribution in [2.45, 2.75) is 19.1 Å². The molecule has 0 bridgehead atoms. The van der Waals surface area contributed by atoms with Crippen LogP contribution in [0.3, 0.4) is 0 Å². The molecule has 138 valence electrons. The molecule has 0 spiro atoms. The molecule has 0 saturated heterocycles. The smallest absolute Gasteiger partial charge is 0.242 e. The molecular weight excluding hydrogens is 356 g/mol. The molecule has 3 aromatic rings. The number of benzene rings is 3. The highest BCUT2D eigenvalue weighted by molar-refractivity contribution is 6.30. The van der Waals surface area contributed by atoms with Crippen molar-refractivity contribution in [3.8, 4) is 0 Å². The fraction of sp³-hybridized carbons (Fsp3) is 0.174. The van der Waals surface area contributed by atoms with Crippen LogP contribution in [0.1, 0.15) is 22.7 Å². The summed E-state index contributed by atoms with van der Waals surface area (Å²) in [6.45, 7) is 1.16. The van der Waals surface area contributed by atoms with Gasteiger partial charge in [0.25, 0.3) is 0 Å². The number of nitrogens with one attached hydrogen (secondary N) is 1. The van der Waals surface area contributed by atoms with E-state index in [2.05, 4.69) is 10.2 Å². The van der Waals surface area contributed by atoms with Gasteiger partial charge in [0.2, 0.25) is 5.91 Å². The van der Waals surface area contributed by atoms with Crippen molar-refractivity contribution in [3.63, 3.8) is 0 Å². The Labute approximate surface area is 165 Å². The van der Waals surface area contributed by atoms with Gasteiger partial charge < -0.3 is 5.32 Å². The van der Waals surface area contributed by atoms with Crippen LogP contribution in [-0.4, -0.2) is 17.9 Å². The summed E-state index contributed by atoms with van der Waals surface area (Å²) in [5.74, 6) is -0.0125. The summed E-state index contributed by atoms with van der Waals surface area (Å²) in [5, 5.41) is 3.78. The maximum absolute atomic E-state index is 13.0. The van der Waals surface area contributed by atoms with Gasteiger partial charge in [0, 0.05) is 18.1 Å². The molecule has 1 unspecified atom stereocenters. The summed E-state index contributed by atoms with van der Waals surface area (Å²) in [4.78, 5) is 15.1. The second-order valence-corrected chi connectivity index (χ2v) is 6.99. The predicted molar refractivity (Wildman–Crippen MR) is 110 cm³/mol. The lowest BCUT2D eigenvalue weighted by molar-refractivity contribution is -0.126. The van der Waals surface area contributed by atoms with Gasteiger partial charge in [-0.1, -0.05) is 84.4 Å². The number of nitrogens with zero attached hydrogens (tertiary/aromatic N) is 1. The van der Waals surface area contributed by atoms with Crippen molar-refractivity contribution in [1.82, 2.24) is 10.2 Å². The molecule has 3 nitrogen and oxygen atoms in total. The Morgan fingerprint density at radius 1 is 0.889 bits per heavy atom. The van der Waals surface area contributed by atoms with Crippen LogP contribution in [0.15, 0.2) is 84.9 Å². The zero-order valence-electron chi connectivity index (χ0n) is 15.3. The van der Waals surface area contributed by atoms with E-state index < -0.39 is 0 Å². The molecule has 0 aliphatic carbocycles. The first kappa shape index (κ1) is 19.2. The van der Waals surface area contributed by atoms with Crippen molar-refractivity contribution >= 4 is 17.5 Å². The van der Waals surface area contributed by atoms with E-state index in [9.17, 15) is 4.79 Å². The second kappa shape index (κ2) is 9.36. The van der Waals surface area contributed by atoms with Crippen molar-refractivity contribution in [2.24, 2.45) is 0 Å². The van der Waals surface area contributed by atoms with Gasteiger partial charge in [0.15, 0.2) is 0 Å². The maximum atomic E-state index is 13.0. The van der Waals surface area contributed by atoms with Gasteiger partial charge in [0.05, 0.1) is 0 Å². The number of amides is 1. The normalized spacial score (nSPS) is 12.0. The highest BCUT2D eigenvalue weighted by Gasteiger charge is 2.25. The fourth-order valence-corrected chi connectivity index (χ4v) is 3.22. The Balaban J connectivity index is 1.75. The molecule has 0 aliphatic heterocycles. The van der Waals surface area contributed by atoms with Crippen LogP contribution in [0.25, 0.3) is 0 Å². The number of likely N-dealkylation sites (N-methyl/N-ethyl adjacent to an activating group) is 1. The van der Waals surface area contributed by atoms with Gasteiger partial charge in [-0.3, -0.25) is 9.69 Å². The zero-order chi connectivity index (χ0) is 19.1. The van der Waals surface area contributed by atoms with Gasteiger partial charge in [0.1, 0.15) is 6.04 Å². The summed E-state index contributed by atoms with van der Waals surface area (Å²) in [6.07, 6.45) is 0. The molecule has 0 fully saturated rings. The Hall–Kier alpha value is -2.62. The summed E-state index contributed by atoms with van der Waals surface area (Å²) in [6, 6.07) is 27.2. The van der Waals surface area contributed by atoms with Gasteiger partial charge in [-0.05, 0) is 35.9 Å². The van der Waals surface area contributed by atoms with Crippen molar-refractivity contribution < 1.29 is 4.79 Å². The Kier molecular flexibility index (Phi) is 6.64. The SMILES string of the molecule is CN(Cc1ccc(Cl)cc1)C(C(=O)NCc1ccccc1)c1ccccc1. The first-order valence-electron chi connectivity index (χ1n) is 8.95. The Morgan fingerprint density at radius 3 is 2.11 bits per heavy atom. The van der Waals surface area contributed by atoms with Crippen LogP contribution in [0.4, 0.5) is 0 Å². The average Bonchev–Trinajstić information content (AvgIpc) is 2.70. The standard InChI is InChI=1S/C23H23ClN2O/c1-26(17-19-12-14-21(24)15-13-19)22(20-10-6-3-7-11-20)23(27)25-16-18-8-4-2-5-9-18/h2-15,22H,16-17H2,1H3,(H,25,27). The number of hydrogen-bond donors (Lipinski definition) is 1. The largest absolute Gasteiger partial charge is 0.350 e. The Morgan fingerprint density at radius 2 is 1.48 bits per heavy atom. The molecule has 1 N–H and O–H groups in total. The van der Waals surface area contributed by atoms with Gasteiger partial charge in [-0.2, -0.15) is 0 Å². The molecule has 0 heterocycles. The first-order valence-corrected chi connectivity index (χ1v) is 9.32. The van der Waals surface area contributed by atoms with E-state index >= 15 is 0 Å². The molecule has 0 radical (unpaired) electrons. The molecule has 3 aromatic carbocycles. The van der Waals surface area contributed by atoms with E-state index in [0.717, 1.165) is 16.7 Å². The maximum Gasteiger partial charge on any atom is 0.242 e. The fourth-order valence-electron chi connectivity index (χ4n) is 3.09. The zero-order valence-corrected chi connectivity index (χ0v) is 16.1. The molecule has 3 rings (SSSR count). The number of carbonyl (C=O) groups excluding carboxylic acids is 1. The number of carbonyl (C=O) groups is 1. The molecule has 27 heavy (non-hydrogen) atoms. The molecule has 0 aromatic heterocycles. The third kappa shape index (κ3) is 5.43. The van der Waals surface area contributed by atoms with Crippen molar-refractivity contribution in [1.29, 1.82) is 0 Å². The lowest BCUT2D eigenvalue weighted by Crippen LogP contribution is -2.38. The minimum absolute atomic E-state index is 0.0125. The van der Waals surface area contributed by atoms with E-state index in [1.54, 1.807) is 0 Å². The van der Waals surface area contributed by atoms with E-state index in [-0.39, 0.29) is 11.9 Å². The van der Waals surface area contributed by atoms with Crippen LogP contribution in [0.5, 0.6) is 0 Å². The van der Waals surface area contributed by atoms with Crippen LogP contribution >= 0.6 is 11.6 Å². The van der Waals surface area contributed by atoms with Crippen LogP contribution in [-0.2, 0) is 17.9 Å². The van der Waals surface area contributed by atoms with E-state index in [1.165, 1.54) is 0 Å². The number of rotatable bonds is 7. The highest BCUT2D eigenvalue weighted by Crippen LogP contribution is 2.22. The molecular formula is C23H23ClN2O. The monoisotopic (exact) mass is 378 g/mol. The van der Waals surface area contributed by atoms with E-state index in [4.69, 9.17) is 11.6 Å². The minimum Gasteiger partial charge on any atom is -0.350 e. The number of halogens is 1. The van der Waals surface area contributed by atoms with Gasteiger partial charge in [-0.25, -0.2) is 0 Å². The summed E-state index contributed by atoms with van der Waals surface area (Å²) in [7, 11) is 1.97. The van der Waals surface area contributed by atoms with Crippen LogP contribution in [0.2, 0.25) is 5.02 Å². The quantitative estimate of drug-likeness (QED) is 0.638. The molecule has 1 atom stereocenters. The second-order valence-electron chi connectivity index (χ2n) is 6.56. The van der Waals surface area contributed by atoms with E-state index in [0.29, 0.717) is 18.1 Å². The van der Waals surface area contributed by atoms with Crippen LogP contribution < -0.4 is 5.32 Å². The Bertz CT molecular complexity index is 851. The average molecular weight is 379 g/mol. The van der Waals surface area contributed by atoms with Crippen molar-refractivity contribution in [2.75, 3.05) is 7.05 Å². The highest BCUT2D eigenvalue weighted by atomic mass is 35.5. The predicted octanol–water partition coefficient (Wildman–Crippen LogP) is 4.83. The summed E-state index contributed by atoms with van der Waals surface area (Å²) in [5.41, 5.74) is 3.16. The topological polar surface area (TPSA) is 32.3 Å². The van der Waals surface area contributed by atoms with E-state index in [1.807, 2.05) is 92.0 Å². The third-order valence-corrected chi connectivity index (χ3v) is 4.71.